The average Bonchev–Trinajstić information content (AvgIpc) is 2.82. The van der Waals surface area contributed by atoms with Gasteiger partial charge < -0.3 is 21.1 Å². The van der Waals surface area contributed by atoms with Gasteiger partial charge in [-0.3, -0.25) is 9.59 Å². The van der Waals surface area contributed by atoms with Gasteiger partial charge in [-0.1, -0.05) is 6.42 Å². The highest BCUT2D eigenvalue weighted by atomic mass is 16.4. The van der Waals surface area contributed by atoms with Crippen LogP contribution < -0.4 is 16.0 Å². The maximum Gasteiger partial charge on any atom is 0.315 e. The van der Waals surface area contributed by atoms with Crippen molar-refractivity contribution >= 4 is 17.9 Å². The van der Waals surface area contributed by atoms with Crippen LogP contribution in [-0.4, -0.2) is 42.6 Å². The lowest BCUT2D eigenvalue weighted by molar-refractivity contribution is -0.142. The lowest BCUT2D eigenvalue weighted by Gasteiger charge is -2.16. The molecule has 0 aliphatic heterocycles. The van der Waals surface area contributed by atoms with Gasteiger partial charge in [-0.15, -0.1) is 0 Å². The van der Waals surface area contributed by atoms with Crippen molar-refractivity contribution in [3.05, 3.63) is 0 Å². The van der Waals surface area contributed by atoms with Crippen LogP contribution in [0.3, 0.4) is 0 Å². The van der Waals surface area contributed by atoms with Gasteiger partial charge in [0.15, 0.2) is 0 Å². The molecule has 0 saturated heterocycles. The van der Waals surface area contributed by atoms with E-state index in [1.165, 1.54) is 0 Å². The molecule has 7 nitrogen and oxygen atoms in total. The zero-order valence-electron chi connectivity index (χ0n) is 11.1. The fourth-order valence-electron chi connectivity index (χ4n) is 2.31. The topological polar surface area (TPSA) is 108 Å². The molecular weight excluding hydrogens is 250 g/mol. The van der Waals surface area contributed by atoms with E-state index < -0.39 is 12.0 Å². The molecule has 0 aromatic heterocycles. The van der Waals surface area contributed by atoms with Gasteiger partial charge in [-0.2, -0.15) is 0 Å². The molecule has 1 aliphatic rings. The Kier molecular flexibility index (Phi) is 6.11. The molecule has 19 heavy (non-hydrogen) atoms. The summed E-state index contributed by atoms with van der Waals surface area (Å²) in [5.41, 5.74) is 0. The summed E-state index contributed by atoms with van der Waals surface area (Å²) in [7, 11) is 0. The summed E-state index contributed by atoms with van der Waals surface area (Å²) < 4.78 is 0. The molecule has 0 aromatic carbocycles. The molecule has 0 bridgehead atoms. The number of carbonyl (C=O) groups is 3. The number of hydrogen-bond acceptors (Lipinski definition) is 3. The molecule has 1 rings (SSSR count). The largest absolute Gasteiger partial charge is 0.481 e. The molecule has 1 aliphatic carbocycles. The summed E-state index contributed by atoms with van der Waals surface area (Å²) in [6.45, 7) is 2.57. The Labute approximate surface area is 112 Å². The van der Waals surface area contributed by atoms with Crippen LogP contribution in [0.25, 0.3) is 0 Å². The van der Waals surface area contributed by atoms with Crippen molar-refractivity contribution < 1.29 is 19.5 Å². The minimum absolute atomic E-state index is 0.0206. The van der Waals surface area contributed by atoms with Crippen LogP contribution >= 0.6 is 0 Å². The van der Waals surface area contributed by atoms with E-state index in [2.05, 4.69) is 16.0 Å². The minimum atomic E-state index is -0.799. The first-order chi connectivity index (χ1) is 9.04. The number of carboxylic acids is 1. The fourth-order valence-corrected chi connectivity index (χ4v) is 2.31. The third-order valence-corrected chi connectivity index (χ3v) is 3.28. The number of urea groups is 1. The quantitative estimate of drug-likeness (QED) is 0.542. The Bertz CT molecular complexity index is 346. The van der Waals surface area contributed by atoms with Crippen molar-refractivity contribution in [1.29, 1.82) is 0 Å². The molecule has 0 spiro atoms. The Morgan fingerprint density at radius 2 is 1.89 bits per heavy atom. The van der Waals surface area contributed by atoms with Crippen molar-refractivity contribution in [1.82, 2.24) is 16.0 Å². The molecule has 3 amide bonds. The minimum Gasteiger partial charge on any atom is -0.481 e. The van der Waals surface area contributed by atoms with Gasteiger partial charge in [0.1, 0.15) is 0 Å². The van der Waals surface area contributed by atoms with Gasteiger partial charge >= 0.3 is 12.0 Å². The molecule has 0 aromatic rings. The van der Waals surface area contributed by atoms with Crippen molar-refractivity contribution in [2.24, 2.45) is 11.8 Å². The van der Waals surface area contributed by atoms with Crippen LogP contribution in [0.15, 0.2) is 0 Å². The van der Waals surface area contributed by atoms with Gasteiger partial charge in [0, 0.05) is 13.1 Å². The van der Waals surface area contributed by atoms with Gasteiger partial charge in [0.05, 0.1) is 12.5 Å². The maximum absolute atomic E-state index is 11.4. The average molecular weight is 271 g/mol. The first-order valence-corrected chi connectivity index (χ1v) is 6.55. The maximum atomic E-state index is 11.4. The smallest absolute Gasteiger partial charge is 0.315 e. The summed E-state index contributed by atoms with van der Waals surface area (Å²) in [5, 5.41) is 16.6. The number of nitrogens with one attached hydrogen (secondary N) is 3. The second-order valence-electron chi connectivity index (χ2n) is 4.65. The molecule has 2 atom stereocenters. The summed E-state index contributed by atoms with van der Waals surface area (Å²) >= 11 is 0. The third-order valence-electron chi connectivity index (χ3n) is 3.28. The molecule has 0 radical (unpaired) electrons. The molecule has 108 valence electrons. The molecule has 2 unspecified atom stereocenters. The number of rotatable bonds is 6. The molecule has 4 N–H and O–H groups in total. The Morgan fingerprint density at radius 1 is 1.16 bits per heavy atom. The summed E-state index contributed by atoms with van der Waals surface area (Å²) in [5.74, 6) is -1.44. The predicted molar refractivity (Wildman–Crippen MR) is 68.6 cm³/mol. The molecule has 1 fully saturated rings. The normalized spacial score (nSPS) is 21.7. The van der Waals surface area contributed by atoms with E-state index in [1.807, 2.05) is 0 Å². The van der Waals surface area contributed by atoms with Crippen LogP contribution in [0, 0.1) is 11.8 Å². The summed E-state index contributed by atoms with van der Waals surface area (Å²) in [4.78, 5) is 33.5. The van der Waals surface area contributed by atoms with Crippen LogP contribution in [-0.2, 0) is 9.59 Å². The van der Waals surface area contributed by atoms with Crippen LogP contribution in [0.4, 0.5) is 4.79 Å². The number of amides is 3. The standard InChI is InChI=1S/C12H21N3O4/c1-2-13-10(16)7-15-12(19)14-6-8-4-3-5-9(8)11(17)18/h8-9H,2-7H2,1H3,(H,13,16)(H,17,18)(H2,14,15,19). The Hall–Kier alpha value is -1.79. The first kappa shape index (κ1) is 15.3. The van der Waals surface area contributed by atoms with Gasteiger partial charge in [0.2, 0.25) is 5.91 Å². The SMILES string of the molecule is CCNC(=O)CNC(=O)NCC1CCCC1C(=O)O. The highest BCUT2D eigenvalue weighted by Gasteiger charge is 2.32. The monoisotopic (exact) mass is 271 g/mol. The van der Waals surface area contributed by atoms with Gasteiger partial charge in [-0.25, -0.2) is 4.79 Å². The number of aliphatic carboxylic acids is 1. The highest BCUT2D eigenvalue weighted by molar-refractivity contribution is 5.83. The van der Waals surface area contributed by atoms with E-state index in [0.29, 0.717) is 19.5 Å². The highest BCUT2D eigenvalue weighted by Crippen LogP contribution is 2.31. The van der Waals surface area contributed by atoms with Crippen molar-refractivity contribution in [3.8, 4) is 0 Å². The second kappa shape index (κ2) is 7.60. The molecule has 7 heteroatoms. The van der Waals surface area contributed by atoms with E-state index in [0.717, 1.165) is 12.8 Å². The Morgan fingerprint density at radius 3 is 2.53 bits per heavy atom. The summed E-state index contributed by atoms with van der Waals surface area (Å²) in [6, 6.07) is -0.442. The zero-order valence-corrected chi connectivity index (χ0v) is 11.1. The number of hydrogen-bond donors (Lipinski definition) is 4. The third kappa shape index (κ3) is 5.15. The van der Waals surface area contributed by atoms with Crippen molar-refractivity contribution in [2.75, 3.05) is 19.6 Å². The van der Waals surface area contributed by atoms with E-state index >= 15 is 0 Å². The van der Waals surface area contributed by atoms with Gasteiger partial charge in [0.25, 0.3) is 0 Å². The van der Waals surface area contributed by atoms with E-state index in [9.17, 15) is 14.4 Å². The van der Waals surface area contributed by atoms with E-state index in [-0.39, 0.29) is 24.3 Å². The Balaban J connectivity index is 2.23. The lowest BCUT2D eigenvalue weighted by Crippen LogP contribution is -2.44. The number of carboxylic acid groups (broad SMARTS) is 1. The van der Waals surface area contributed by atoms with Crippen molar-refractivity contribution in [3.63, 3.8) is 0 Å². The first-order valence-electron chi connectivity index (χ1n) is 6.55. The van der Waals surface area contributed by atoms with Crippen LogP contribution in [0.1, 0.15) is 26.2 Å². The lowest BCUT2D eigenvalue weighted by atomic mass is 9.96. The van der Waals surface area contributed by atoms with Gasteiger partial charge in [-0.05, 0) is 25.7 Å². The zero-order chi connectivity index (χ0) is 14.3. The van der Waals surface area contributed by atoms with E-state index in [4.69, 9.17) is 5.11 Å². The number of likely N-dealkylation sites (N-methyl/N-ethyl adjacent to an activating group) is 1. The van der Waals surface area contributed by atoms with Crippen molar-refractivity contribution in [2.45, 2.75) is 26.2 Å². The second-order valence-corrected chi connectivity index (χ2v) is 4.65. The predicted octanol–water partition coefficient (Wildman–Crippen LogP) is -0.0774. The molecule has 1 saturated carbocycles. The number of carbonyl (C=O) groups excluding carboxylic acids is 2. The van der Waals surface area contributed by atoms with E-state index in [1.54, 1.807) is 6.92 Å². The van der Waals surface area contributed by atoms with Crippen LogP contribution in [0.2, 0.25) is 0 Å². The molecular formula is C12H21N3O4. The summed E-state index contributed by atoms with van der Waals surface area (Å²) in [6.07, 6.45) is 2.36. The molecule has 0 heterocycles. The fraction of sp³-hybridized carbons (Fsp3) is 0.750. The van der Waals surface area contributed by atoms with Crippen LogP contribution in [0.5, 0.6) is 0 Å².